The number of rotatable bonds is 6. The fraction of sp³-hybridized carbons (Fsp3) is 0.450. The van der Waals surface area contributed by atoms with E-state index in [1.165, 1.54) is 10.6 Å². The number of aromatic nitrogens is 1. The number of benzene rings is 1. The number of piperazine rings is 1. The van der Waals surface area contributed by atoms with E-state index in [0.717, 1.165) is 37.7 Å². The summed E-state index contributed by atoms with van der Waals surface area (Å²) in [4.78, 5) is 26.8. The van der Waals surface area contributed by atoms with Crippen molar-refractivity contribution in [3.05, 3.63) is 46.4 Å². The van der Waals surface area contributed by atoms with E-state index < -0.39 is 0 Å². The largest absolute Gasteiger partial charge is 0.368 e. The van der Waals surface area contributed by atoms with Crippen LogP contribution in [0.2, 0.25) is 0 Å². The van der Waals surface area contributed by atoms with Crippen molar-refractivity contribution in [3.8, 4) is 0 Å². The Bertz CT molecular complexity index is 783. The van der Waals surface area contributed by atoms with Gasteiger partial charge in [0.05, 0.1) is 6.54 Å². The van der Waals surface area contributed by atoms with E-state index in [1.807, 2.05) is 43.1 Å². The first-order valence-corrected chi connectivity index (χ1v) is 10.5. The van der Waals surface area contributed by atoms with Crippen LogP contribution in [0.1, 0.15) is 16.8 Å². The molecule has 8 heteroatoms. The van der Waals surface area contributed by atoms with Crippen LogP contribution in [0.3, 0.4) is 0 Å². The van der Waals surface area contributed by atoms with Gasteiger partial charge in [-0.2, -0.15) is 0 Å². The van der Waals surface area contributed by atoms with Crippen LogP contribution in [-0.2, 0) is 11.3 Å². The van der Waals surface area contributed by atoms with Crippen LogP contribution in [0.4, 0.5) is 5.69 Å². The van der Waals surface area contributed by atoms with Gasteiger partial charge in [-0.25, -0.2) is 9.98 Å². The molecule has 0 atom stereocenters. The molecule has 0 bridgehead atoms. The zero-order valence-electron chi connectivity index (χ0n) is 16.5. The van der Waals surface area contributed by atoms with Gasteiger partial charge in [0.1, 0.15) is 11.6 Å². The van der Waals surface area contributed by atoms with Gasteiger partial charge in [0.2, 0.25) is 5.91 Å². The van der Waals surface area contributed by atoms with Crippen molar-refractivity contribution in [2.45, 2.75) is 20.4 Å². The molecule has 1 fully saturated rings. The lowest BCUT2D eigenvalue weighted by atomic mass is 10.2. The molecule has 28 heavy (non-hydrogen) atoms. The Morgan fingerprint density at radius 1 is 1.18 bits per heavy atom. The number of para-hydroxylation sites is 1. The Hall–Kier alpha value is -2.61. The molecule has 3 rings (SSSR count). The fourth-order valence-corrected chi connectivity index (χ4v) is 3.81. The van der Waals surface area contributed by atoms with Crippen molar-refractivity contribution in [1.29, 1.82) is 0 Å². The molecular weight excluding hydrogens is 372 g/mol. The van der Waals surface area contributed by atoms with Gasteiger partial charge in [-0.05, 0) is 26.0 Å². The molecule has 1 aromatic carbocycles. The molecule has 0 spiro atoms. The second-order valence-corrected chi connectivity index (χ2v) is 7.94. The summed E-state index contributed by atoms with van der Waals surface area (Å²) in [7, 11) is 0. The van der Waals surface area contributed by atoms with Crippen LogP contribution < -0.4 is 15.5 Å². The predicted molar refractivity (Wildman–Crippen MR) is 115 cm³/mol. The van der Waals surface area contributed by atoms with Gasteiger partial charge in [-0.3, -0.25) is 4.79 Å². The third-order valence-electron chi connectivity index (χ3n) is 4.55. The molecule has 2 aromatic rings. The number of nitrogens with zero attached hydrogens (tertiary/aromatic N) is 4. The monoisotopic (exact) mass is 400 g/mol. The maximum atomic E-state index is 12.6. The summed E-state index contributed by atoms with van der Waals surface area (Å²) in [6, 6.07) is 10.3. The third-order valence-corrected chi connectivity index (χ3v) is 5.46. The van der Waals surface area contributed by atoms with Gasteiger partial charge in [0.15, 0.2) is 5.96 Å². The van der Waals surface area contributed by atoms with E-state index in [1.54, 1.807) is 11.3 Å². The summed E-state index contributed by atoms with van der Waals surface area (Å²) >= 11 is 1.66. The minimum Gasteiger partial charge on any atom is -0.368 e. The van der Waals surface area contributed by atoms with E-state index in [9.17, 15) is 4.79 Å². The van der Waals surface area contributed by atoms with Crippen LogP contribution in [0.15, 0.2) is 41.5 Å². The van der Waals surface area contributed by atoms with Crippen molar-refractivity contribution >= 4 is 28.9 Å². The summed E-state index contributed by atoms with van der Waals surface area (Å²) in [6.45, 7) is 8.70. The Kier molecular flexibility index (Phi) is 7.25. The maximum Gasteiger partial charge on any atom is 0.244 e. The Morgan fingerprint density at radius 2 is 1.93 bits per heavy atom. The van der Waals surface area contributed by atoms with Crippen LogP contribution in [-0.4, -0.2) is 61.0 Å². The van der Waals surface area contributed by atoms with E-state index >= 15 is 0 Å². The minimum absolute atomic E-state index is 0.0648. The Balaban J connectivity index is 1.48. The number of aliphatic imine (C=N–C) groups is 1. The summed E-state index contributed by atoms with van der Waals surface area (Å²) in [5.74, 6) is 0.710. The number of hydrogen-bond donors (Lipinski definition) is 2. The first kappa shape index (κ1) is 20.1. The third kappa shape index (κ3) is 5.69. The van der Waals surface area contributed by atoms with Gasteiger partial charge in [-0.1, -0.05) is 18.2 Å². The number of carbonyl (C=O) groups is 1. The second kappa shape index (κ2) is 10.1. The highest BCUT2D eigenvalue weighted by Crippen LogP contribution is 2.15. The molecular formula is C20H28N6OS. The number of nitrogens with one attached hydrogen (secondary N) is 2. The average molecular weight is 401 g/mol. The zero-order valence-corrected chi connectivity index (χ0v) is 17.3. The highest BCUT2D eigenvalue weighted by atomic mass is 32.1. The lowest BCUT2D eigenvalue weighted by Gasteiger charge is -2.36. The molecule has 0 unspecified atom stereocenters. The standard InChI is InChI=1S/C20H28N6OS/c1-3-21-20(23-14-18-22-13-16(2)28-18)24-15-19(27)26-11-9-25(10-12-26)17-7-5-4-6-8-17/h4-8,13H,3,9-12,14-15H2,1-2H3,(H2,21,23,24). The first-order valence-electron chi connectivity index (χ1n) is 9.67. The zero-order chi connectivity index (χ0) is 19.8. The normalized spacial score (nSPS) is 14.9. The molecule has 150 valence electrons. The van der Waals surface area contributed by atoms with Gasteiger partial charge >= 0.3 is 0 Å². The van der Waals surface area contributed by atoms with Crippen molar-refractivity contribution in [2.24, 2.45) is 4.99 Å². The molecule has 2 N–H and O–H groups in total. The van der Waals surface area contributed by atoms with Crippen molar-refractivity contribution < 1.29 is 4.79 Å². The van der Waals surface area contributed by atoms with Crippen molar-refractivity contribution in [1.82, 2.24) is 20.5 Å². The molecule has 1 amide bonds. The number of guanidine groups is 1. The van der Waals surface area contributed by atoms with E-state index in [2.05, 4.69) is 37.6 Å². The molecule has 1 aliphatic rings. The molecule has 2 heterocycles. The topological polar surface area (TPSA) is 72.9 Å². The van der Waals surface area contributed by atoms with Gasteiger partial charge in [-0.15, -0.1) is 11.3 Å². The number of thiazole rings is 1. The first-order chi connectivity index (χ1) is 13.7. The Labute approximate surface area is 170 Å². The summed E-state index contributed by atoms with van der Waals surface area (Å²) in [5.41, 5.74) is 1.21. The highest BCUT2D eigenvalue weighted by Gasteiger charge is 2.21. The van der Waals surface area contributed by atoms with Crippen LogP contribution >= 0.6 is 11.3 Å². The number of aryl methyl sites for hydroxylation is 1. The summed E-state index contributed by atoms with van der Waals surface area (Å²) in [5, 5.41) is 7.43. The quantitative estimate of drug-likeness (QED) is 0.572. The lowest BCUT2D eigenvalue weighted by Crippen LogP contribution is -2.49. The molecule has 1 aliphatic heterocycles. The molecule has 1 saturated heterocycles. The highest BCUT2D eigenvalue weighted by molar-refractivity contribution is 7.11. The maximum absolute atomic E-state index is 12.6. The molecule has 0 aliphatic carbocycles. The summed E-state index contributed by atoms with van der Waals surface area (Å²) < 4.78 is 0. The molecule has 1 aromatic heterocycles. The van der Waals surface area contributed by atoms with Gasteiger partial charge in [0, 0.05) is 49.5 Å². The number of hydrogen-bond acceptors (Lipinski definition) is 5. The second-order valence-electron chi connectivity index (χ2n) is 6.62. The fourth-order valence-electron chi connectivity index (χ4n) is 3.08. The van der Waals surface area contributed by atoms with Gasteiger partial charge < -0.3 is 20.4 Å². The number of amides is 1. The average Bonchev–Trinajstić information content (AvgIpc) is 3.16. The number of anilines is 1. The van der Waals surface area contributed by atoms with E-state index in [0.29, 0.717) is 12.5 Å². The van der Waals surface area contributed by atoms with Crippen LogP contribution in [0, 0.1) is 6.92 Å². The Morgan fingerprint density at radius 3 is 2.57 bits per heavy atom. The lowest BCUT2D eigenvalue weighted by molar-refractivity contribution is -0.129. The van der Waals surface area contributed by atoms with Crippen LogP contribution in [0.5, 0.6) is 0 Å². The van der Waals surface area contributed by atoms with Crippen molar-refractivity contribution in [3.63, 3.8) is 0 Å². The predicted octanol–water partition coefficient (Wildman–Crippen LogP) is 1.86. The summed E-state index contributed by atoms with van der Waals surface area (Å²) in [6.07, 6.45) is 1.87. The van der Waals surface area contributed by atoms with Gasteiger partial charge in [0.25, 0.3) is 0 Å². The van der Waals surface area contributed by atoms with E-state index in [4.69, 9.17) is 0 Å². The minimum atomic E-state index is 0.0648. The molecule has 7 nitrogen and oxygen atoms in total. The van der Waals surface area contributed by atoms with Crippen LogP contribution in [0.25, 0.3) is 0 Å². The molecule has 0 saturated carbocycles. The van der Waals surface area contributed by atoms with E-state index in [-0.39, 0.29) is 12.5 Å². The number of carbonyl (C=O) groups excluding carboxylic acids is 1. The van der Waals surface area contributed by atoms with Crippen molar-refractivity contribution in [2.75, 3.05) is 44.2 Å². The SMILES string of the molecule is CCNC(=NCC(=O)N1CCN(c2ccccc2)CC1)NCc1ncc(C)s1. The molecule has 0 radical (unpaired) electrons. The smallest absolute Gasteiger partial charge is 0.244 e.